The van der Waals surface area contributed by atoms with E-state index in [1.807, 2.05) is 13.8 Å². The number of aromatic nitrogens is 2. The first-order valence-electron chi connectivity index (χ1n) is 5.70. The van der Waals surface area contributed by atoms with E-state index >= 15 is 0 Å². The second-order valence-corrected chi connectivity index (χ2v) is 5.16. The molecule has 6 heteroatoms. The average Bonchev–Trinajstić information content (AvgIpc) is 2.67. The van der Waals surface area contributed by atoms with Gasteiger partial charge in [0.1, 0.15) is 0 Å². The molecule has 1 N–H and O–H groups in total. The number of hydrogen-bond donors (Lipinski definition) is 1. The molecule has 4 nitrogen and oxygen atoms in total. The first-order valence-corrected chi connectivity index (χ1v) is 6.45. The lowest BCUT2D eigenvalue weighted by molar-refractivity contribution is 0.0690. The lowest BCUT2D eigenvalue weighted by Crippen LogP contribution is -2.05. The highest BCUT2D eigenvalue weighted by atomic mass is 35.5. The Bertz CT molecular complexity index is 636. The molecule has 0 saturated carbocycles. The van der Waals surface area contributed by atoms with E-state index in [0.717, 1.165) is 0 Å². The molecule has 1 aromatic heterocycles. The molecule has 0 bridgehead atoms. The van der Waals surface area contributed by atoms with Gasteiger partial charge in [-0.3, -0.25) is 0 Å². The number of aromatic carboxylic acids is 1. The predicted molar refractivity (Wildman–Crippen MR) is 74.6 cm³/mol. The van der Waals surface area contributed by atoms with Gasteiger partial charge in [-0.05, 0) is 18.1 Å². The summed E-state index contributed by atoms with van der Waals surface area (Å²) in [6.45, 7) is 3.84. The molecule has 0 aliphatic rings. The Hall–Kier alpha value is -1.52. The van der Waals surface area contributed by atoms with Crippen molar-refractivity contribution in [2.75, 3.05) is 0 Å². The highest BCUT2D eigenvalue weighted by Crippen LogP contribution is 2.32. The Morgan fingerprint density at radius 3 is 2.47 bits per heavy atom. The zero-order chi connectivity index (χ0) is 14.2. The number of benzene rings is 1. The van der Waals surface area contributed by atoms with Crippen molar-refractivity contribution in [3.8, 4) is 5.69 Å². The molecule has 0 amide bonds. The first kappa shape index (κ1) is 13.9. The SMILES string of the molecule is CC(C)c1c(Cl)c(C(=O)O)nn1-c1ccccc1Cl. The second-order valence-electron chi connectivity index (χ2n) is 4.37. The standard InChI is InChI=1S/C13H12Cl2N2O2/c1-7(2)12-10(15)11(13(18)19)16-17(12)9-6-4-3-5-8(9)14/h3-7H,1-2H3,(H,18,19). The number of hydrogen-bond acceptors (Lipinski definition) is 2. The molecule has 0 fully saturated rings. The number of halogens is 2. The molecular weight excluding hydrogens is 287 g/mol. The lowest BCUT2D eigenvalue weighted by Gasteiger charge is -2.11. The van der Waals surface area contributed by atoms with Gasteiger partial charge in [0.05, 0.1) is 21.4 Å². The molecule has 0 spiro atoms. The van der Waals surface area contributed by atoms with Crippen LogP contribution < -0.4 is 0 Å². The van der Waals surface area contributed by atoms with Crippen LogP contribution in [-0.2, 0) is 0 Å². The Morgan fingerprint density at radius 2 is 1.95 bits per heavy atom. The molecule has 0 saturated heterocycles. The molecular formula is C13H12Cl2N2O2. The molecule has 100 valence electrons. The predicted octanol–water partition coefficient (Wildman–Crippen LogP) is 4.00. The second kappa shape index (κ2) is 5.23. The summed E-state index contributed by atoms with van der Waals surface area (Å²) in [6, 6.07) is 7.09. The van der Waals surface area contributed by atoms with Gasteiger partial charge in [-0.25, -0.2) is 9.48 Å². The third-order valence-corrected chi connectivity index (χ3v) is 3.38. The maximum Gasteiger partial charge on any atom is 0.358 e. The van der Waals surface area contributed by atoms with E-state index in [4.69, 9.17) is 28.3 Å². The fraction of sp³-hybridized carbons (Fsp3) is 0.231. The summed E-state index contributed by atoms with van der Waals surface area (Å²) >= 11 is 12.2. The summed E-state index contributed by atoms with van der Waals surface area (Å²) in [5.41, 5.74) is 1.08. The van der Waals surface area contributed by atoms with Crippen molar-refractivity contribution in [3.05, 3.63) is 45.7 Å². The van der Waals surface area contributed by atoms with Crippen LogP contribution in [0.1, 0.15) is 35.9 Å². The number of para-hydroxylation sites is 1. The van der Waals surface area contributed by atoms with Crippen LogP contribution in [-0.4, -0.2) is 20.9 Å². The van der Waals surface area contributed by atoms with Crippen LogP contribution in [0.15, 0.2) is 24.3 Å². The van der Waals surface area contributed by atoms with Crippen LogP contribution in [0.3, 0.4) is 0 Å². The van der Waals surface area contributed by atoms with Crippen molar-refractivity contribution in [3.63, 3.8) is 0 Å². The fourth-order valence-electron chi connectivity index (χ4n) is 1.85. The van der Waals surface area contributed by atoms with Gasteiger partial charge in [0.15, 0.2) is 5.69 Å². The Balaban J connectivity index is 2.73. The normalized spacial score (nSPS) is 11.0. The number of nitrogens with zero attached hydrogens (tertiary/aromatic N) is 2. The van der Waals surface area contributed by atoms with Gasteiger partial charge in [-0.2, -0.15) is 5.10 Å². The summed E-state index contributed by atoms with van der Waals surface area (Å²) in [4.78, 5) is 11.1. The van der Waals surface area contributed by atoms with Crippen LogP contribution in [0.5, 0.6) is 0 Å². The van der Waals surface area contributed by atoms with Crippen molar-refractivity contribution < 1.29 is 9.90 Å². The quantitative estimate of drug-likeness (QED) is 0.932. The summed E-state index contributed by atoms with van der Waals surface area (Å²) < 4.78 is 1.50. The van der Waals surface area contributed by atoms with Crippen molar-refractivity contribution in [1.29, 1.82) is 0 Å². The van der Waals surface area contributed by atoms with E-state index < -0.39 is 5.97 Å². The molecule has 0 aliphatic carbocycles. The zero-order valence-electron chi connectivity index (χ0n) is 10.4. The highest BCUT2D eigenvalue weighted by Gasteiger charge is 2.24. The van der Waals surface area contributed by atoms with Gasteiger partial charge in [-0.15, -0.1) is 0 Å². The maximum atomic E-state index is 11.1. The molecule has 19 heavy (non-hydrogen) atoms. The number of carboxylic acids is 1. The summed E-state index contributed by atoms with van der Waals surface area (Å²) in [7, 11) is 0. The first-order chi connectivity index (χ1) is 8.93. The topological polar surface area (TPSA) is 55.1 Å². The molecule has 2 rings (SSSR count). The van der Waals surface area contributed by atoms with Gasteiger partial charge in [0.25, 0.3) is 0 Å². The maximum absolute atomic E-state index is 11.1. The minimum Gasteiger partial charge on any atom is -0.476 e. The minimum absolute atomic E-state index is 0.0179. The number of carboxylic acid groups (broad SMARTS) is 1. The van der Waals surface area contributed by atoms with Crippen LogP contribution in [0.4, 0.5) is 0 Å². The summed E-state index contributed by atoms with van der Waals surface area (Å²) in [6.07, 6.45) is 0. The van der Waals surface area contributed by atoms with Crippen LogP contribution in [0.25, 0.3) is 5.69 Å². The smallest absolute Gasteiger partial charge is 0.358 e. The van der Waals surface area contributed by atoms with Gasteiger partial charge >= 0.3 is 5.97 Å². The minimum atomic E-state index is -1.15. The summed E-state index contributed by atoms with van der Waals surface area (Å²) in [5, 5.41) is 13.8. The van der Waals surface area contributed by atoms with Gasteiger partial charge < -0.3 is 5.11 Å². The van der Waals surface area contributed by atoms with E-state index in [2.05, 4.69) is 5.10 Å². The van der Waals surface area contributed by atoms with Gasteiger partial charge in [0, 0.05) is 0 Å². The molecule has 1 heterocycles. The Morgan fingerprint density at radius 1 is 1.32 bits per heavy atom. The third kappa shape index (κ3) is 2.46. The number of carbonyl (C=O) groups is 1. The van der Waals surface area contributed by atoms with Crippen molar-refractivity contribution in [2.45, 2.75) is 19.8 Å². The van der Waals surface area contributed by atoms with E-state index in [1.54, 1.807) is 24.3 Å². The fourth-order valence-corrected chi connectivity index (χ4v) is 2.49. The van der Waals surface area contributed by atoms with Crippen LogP contribution >= 0.6 is 23.2 Å². The zero-order valence-corrected chi connectivity index (χ0v) is 11.9. The van der Waals surface area contributed by atoms with E-state index in [-0.39, 0.29) is 16.6 Å². The molecule has 2 aromatic rings. The van der Waals surface area contributed by atoms with Crippen LogP contribution in [0, 0.1) is 0 Å². The van der Waals surface area contributed by atoms with Gasteiger partial charge in [-0.1, -0.05) is 49.2 Å². The molecule has 0 radical (unpaired) electrons. The van der Waals surface area contributed by atoms with E-state index in [0.29, 0.717) is 16.4 Å². The highest BCUT2D eigenvalue weighted by molar-refractivity contribution is 6.34. The molecule has 0 aliphatic heterocycles. The van der Waals surface area contributed by atoms with Crippen molar-refractivity contribution in [2.24, 2.45) is 0 Å². The van der Waals surface area contributed by atoms with E-state index in [1.165, 1.54) is 4.68 Å². The Kier molecular flexibility index (Phi) is 3.83. The molecule has 0 unspecified atom stereocenters. The van der Waals surface area contributed by atoms with Crippen molar-refractivity contribution >= 4 is 29.2 Å². The van der Waals surface area contributed by atoms with Gasteiger partial charge in [0.2, 0.25) is 0 Å². The summed E-state index contributed by atoms with van der Waals surface area (Å²) in [5.74, 6) is -1.14. The number of rotatable bonds is 3. The van der Waals surface area contributed by atoms with E-state index in [9.17, 15) is 4.79 Å². The average molecular weight is 299 g/mol. The molecule has 0 atom stereocenters. The Labute approximate surface area is 120 Å². The third-order valence-electron chi connectivity index (χ3n) is 2.69. The van der Waals surface area contributed by atoms with Crippen LogP contribution in [0.2, 0.25) is 10.0 Å². The van der Waals surface area contributed by atoms with Crippen molar-refractivity contribution in [1.82, 2.24) is 9.78 Å². The monoisotopic (exact) mass is 298 g/mol. The lowest BCUT2D eigenvalue weighted by atomic mass is 10.1. The molecule has 1 aromatic carbocycles. The largest absolute Gasteiger partial charge is 0.476 e.